The summed E-state index contributed by atoms with van der Waals surface area (Å²) in [4.78, 5) is 22.6. The lowest BCUT2D eigenvalue weighted by Crippen LogP contribution is -2.32. The second-order valence-corrected chi connectivity index (χ2v) is 6.31. The minimum atomic E-state index is -0.464. The number of amides is 1. The van der Waals surface area contributed by atoms with Gasteiger partial charge in [-0.15, -0.1) is 0 Å². The van der Waals surface area contributed by atoms with Crippen molar-refractivity contribution in [2.45, 2.75) is 38.6 Å². The third kappa shape index (κ3) is 3.96. The van der Waals surface area contributed by atoms with Crippen LogP contribution in [-0.4, -0.2) is 16.9 Å². The average molecular weight is 339 g/mol. The van der Waals surface area contributed by atoms with Gasteiger partial charge in [0.05, 0.1) is 4.92 Å². The Morgan fingerprint density at radius 3 is 2.56 bits per heavy atom. The van der Waals surface area contributed by atoms with Gasteiger partial charge in [-0.3, -0.25) is 14.9 Å². The SMILES string of the molecule is CC(Nc1cccc2c1CCCC2)C(=O)Nc1ccc([N+](=O)[O-])cc1. The van der Waals surface area contributed by atoms with Crippen LogP contribution in [0.25, 0.3) is 0 Å². The lowest BCUT2D eigenvalue weighted by Gasteiger charge is -2.22. The van der Waals surface area contributed by atoms with Crippen molar-refractivity contribution in [1.29, 1.82) is 0 Å². The molecule has 2 aromatic rings. The van der Waals surface area contributed by atoms with Gasteiger partial charge in [-0.05, 0) is 61.9 Å². The largest absolute Gasteiger partial charge is 0.374 e. The molecule has 0 heterocycles. The van der Waals surface area contributed by atoms with Gasteiger partial charge in [0.25, 0.3) is 5.69 Å². The molecule has 0 saturated heterocycles. The Bertz CT molecular complexity index is 787. The highest BCUT2D eigenvalue weighted by atomic mass is 16.6. The molecule has 0 spiro atoms. The number of aryl methyl sites for hydroxylation is 1. The number of anilines is 2. The van der Waals surface area contributed by atoms with Gasteiger partial charge in [0, 0.05) is 23.5 Å². The number of hydrogen-bond acceptors (Lipinski definition) is 4. The summed E-state index contributed by atoms with van der Waals surface area (Å²) in [7, 11) is 0. The maximum Gasteiger partial charge on any atom is 0.269 e. The Hall–Kier alpha value is -2.89. The molecular formula is C19H21N3O3. The molecule has 6 heteroatoms. The third-order valence-electron chi connectivity index (χ3n) is 4.51. The number of carbonyl (C=O) groups excluding carboxylic acids is 1. The summed E-state index contributed by atoms with van der Waals surface area (Å²) in [6.45, 7) is 1.81. The molecule has 0 saturated carbocycles. The van der Waals surface area contributed by atoms with Crippen LogP contribution in [0.3, 0.4) is 0 Å². The first-order valence-electron chi connectivity index (χ1n) is 8.47. The summed E-state index contributed by atoms with van der Waals surface area (Å²) in [6.07, 6.45) is 4.52. The molecular weight excluding hydrogens is 318 g/mol. The predicted molar refractivity (Wildman–Crippen MR) is 97.9 cm³/mol. The van der Waals surface area contributed by atoms with Gasteiger partial charge in [0.1, 0.15) is 6.04 Å². The van der Waals surface area contributed by atoms with Gasteiger partial charge in [-0.1, -0.05) is 12.1 Å². The first-order valence-corrected chi connectivity index (χ1v) is 8.47. The lowest BCUT2D eigenvalue weighted by atomic mass is 9.90. The van der Waals surface area contributed by atoms with Crippen LogP contribution in [-0.2, 0) is 17.6 Å². The zero-order valence-electron chi connectivity index (χ0n) is 14.1. The zero-order chi connectivity index (χ0) is 17.8. The van der Waals surface area contributed by atoms with E-state index in [2.05, 4.69) is 16.7 Å². The van der Waals surface area contributed by atoms with Crippen LogP contribution in [0.15, 0.2) is 42.5 Å². The zero-order valence-corrected chi connectivity index (χ0v) is 14.1. The van der Waals surface area contributed by atoms with E-state index in [1.807, 2.05) is 19.1 Å². The monoisotopic (exact) mass is 339 g/mol. The van der Waals surface area contributed by atoms with Gasteiger partial charge in [-0.25, -0.2) is 0 Å². The Kier molecular flexibility index (Phi) is 4.97. The van der Waals surface area contributed by atoms with Gasteiger partial charge in [0.2, 0.25) is 5.91 Å². The molecule has 6 nitrogen and oxygen atoms in total. The molecule has 0 fully saturated rings. The smallest absolute Gasteiger partial charge is 0.269 e. The Labute approximate surface area is 146 Å². The number of carbonyl (C=O) groups is 1. The van der Waals surface area contributed by atoms with Crippen LogP contribution in [0.4, 0.5) is 17.1 Å². The molecule has 0 aromatic heterocycles. The normalized spacial score (nSPS) is 14.3. The highest BCUT2D eigenvalue weighted by molar-refractivity contribution is 5.96. The number of nitro groups is 1. The van der Waals surface area contributed by atoms with E-state index in [1.54, 1.807) is 0 Å². The fraction of sp³-hybridized carbons (Fsp3) is 0.316. The number of hydrogen-bond donors (Lipinski definition) is 2. The molecule has 2 N–H and O–H groups in total. The highest BCUT2D eigenvalue weighted by Crippen LogP contribution is 2.28. The quantitative estimate of drug-likeness (QED) is 0.639. The molecule has 1 atom stereocenters. The molecule has 1 aliphatic rings. The van der Waals surface area contributed by atoms with Crippen molar-refractivity contribution in [2.24, 2.45) is 0 Å². The van der Waals surface area contributed by atoms with Crippen molar-refractivity contribution in [2.75, 3.05) is 10.6 Å². The summed E-state index contributed by atoms with van der Waals surface area (Å²) in [6, 6.07) is 11.6. The van der Waals surface area contributed by atoms with Crippen LogP contribution in [0.5, 0.6) is 0 Å². The molecule has 0 bridgehead atoms. The first-order chi connectivity index (χ1) is 12.0. The van der Waals surface area contributed by atoms with E-state index in [1.165, 1.54) is 48.2 Å². The molecule has 3 rings (SSSR count). The number of nitro benzene ring substituents is 1. The maximum absolute atomic E-state index is 12.4. The van der Waals surface area contributed by atoms with Crippen LogP contribution >= 0.6 is 0 Å². The molecule has 1 unspecified atom stereocenters. The van der Waals surface area contributed by atoms with Gasteiger partial charge in [0.15, 0.2) is 0 Å². The molecule has 2 aromatic carbocycles. The van der Waals surface area contributed by atoms with E-state index in [4.69, 9.17) is 0 Å². The standard InChI is InChI=1S/C19H21N3O3/c1-13(19(23)21-15-9-11-16(12-10-15)22(24)25)20-18-8-4-6-14-5-2-3-7-17(14)18/h4,6,8-13,20H,2-3,5,7H2,1H3,(H,21,23). The minimum Gasteiger partial charge on any atom is -0.374 e. The van der Waals surface area contributed by atoms with Gasteiger partial charge < -0.3 is 10.6 Å². The lowest BCUT2D eigenvalue weighted by molar-refractivity contribution is -0.384. The average Bonchev–Trinajstić information content (AvgIpc) is 2.62. The number of benzene rings is 2. The van der Waals surface area contributed by atoms with Crippen molar-refractivity contribution in [3.8, 4) is 0 Å². The highest BCUT2D eigenvalue weighted by Gasteiger charge is 2.18. The molecule has 130 valence electrons. The summed E-state index contributed by atoms with van der Waals surface area (Å²) >= 11 is 0. The Morgan fingerprint density at radius 1 is 1.12 bits per heavy atom. The number of nitrogens with one attached hydrogen (secondary N) is 2. The molecule has 1 amide bonds. The van der Waals surface area contributed by atoms with Crippen molar-refractivity contribution in [3.63, 3.8) is 0 Å². The van der Waals surface area contributed by atoms with Gasteiger partial charge >= 0.3 is 0 Å². The number of nitrogens with zero attached hydrogens (tertiary/aromatic N) is 1. The molecule has 25 heavy (non-hydrogen) atoms. The summed E-state index contributed by atoms with van der Waals surface area (Å²) in [5, 5.41) is 16.8. The molecule has 0 radical (unpaired) electrons. The van der Waals surface area contributed by atoms with E-state index in [9.17, 15) is 14.9 Å². The van der Waals surface area contributed by atoms with Crippen LogP contribution < -0.4 is 10.6 Å². The summed E-state index contributed by atoms with van der Waals surface area (Å²) in [5.74, 6) is -0.178. The second-order valence-electron chi connectivity index (χ2n) is 6.31. The Balaban J connectivity index is 1.66. The van der Waals surface area contributed by atoms with Crippen molar-refractivity contribution in [3.05, 3.63) is 63.7 Å². The fourth-order valence-electron chi connectivity index (χ4n) is 3.13. The van der Waals surface area contributed by atoms with Gasteiger partial charge in [-0.2, -0.15) is 0 Å². The van der Waals surface area contributed by atoms with E-state index in [0.717, 1.165) is 18.5 Å². The topological polar surface area (TPSA) is 84.3 Å². The van der Waals surface area contributed by atoms with E-state index in [-0.39, 0.29) is 11.6 Å². The van der Waals surface area contributed by atoms with E-state index >= 15 is 0 Å². The molecule has 1 aliphatic carbocycles. The van der Waals surface area contributed by atoms with Crippen molar-refractivity contribution < 1.29 is 9.72 Å². The van der Waals surface area contributed by atoms with Crippen molar-refractivity contribution >= 4 is 23.0 Å². The first kappa shape index (κ1) is 17.0. The number of fused-ring (bicyclic) bond motifs is 1. The summed E-state index contributed by atoms with van der Waals surface area (Å²) in [5.41, 5.74) is 4.23. The van der Waals surface area contributed by atoms with E-state index in [0.29, 0.717) is 5.69 Å². The summed E-state index contributed by atoms with van der Waals surface area (Å²) < 4.78 is 0. The molecule has 0 aliphatic heterocycles. The third-order valence-corrected chi connectivity index (χ3v) is 4.51. The maximum atomic E-state index is 12.4. The minimum absolute atomic E-state index is 0.0000795. The van der Waals surface area contributed by atoms with Crippen LogP contribution in [0.2, 0.25) is 0 Å². The second kappa shape index (κ2) is 7.34. The fourth-order valence-corrected chi connectivity index (χ4v) is 3.13. The van der Waals surface area contributed by atoms with Crippen molar-refractivity contribution in [1.82, 2.24) is 0 Å². The number of non-ortho nitro benzene ring substituents is 1. The number of rotatable bonds is 5. The van der Waals surface area contributed by atoms with Crippen LogP contribution in [0, 0.1) is 10.1 Å². The predicted octanol–water partition coefficient (Wildman–Crippen LogP) is 3.91. The van der Waals surface area contributed by atoms with E-state index < -0.39 is 11.0 Å². The Morgan fingerprint density at radius 2 is 1.84 bits per heavy atom. The van der Waals surface area contributed by atoms with Crippen LogP contribution in [0.1, 0.15) is 30.9 Å².